The highest BCUT2D eigenvalue weighted by atomic mass is 16.3. The molecule has 0 bridgehead atoms. The molecule has 0 radical (unpaired) electrons. The molecule has 6 atom stereocenters. The van der Waals surface area contributed by atoms with Crippen LogP contribution < -0.4 is 0 Å². The first kappa shape index (κ1) is 46.0. The topological polar surface area (TPSA) is 60.7 Å². The predicted octanol–water partition coefficient (Wildman–Crippen LogP) is 15.6. The maximum absolute atomic E-state index is 11.6. The molecule has 4 aromatic rings. The van der Waals surface area contributed by atoms with Crippen molar-refractivity contribution in [2.45, 2.75) is 197 Å². The normalized spacial score (nSPS) is 15.0. The standard InChI is InChI=1S/C54H78O3/c1-16-31(7)43-22-40(23-44(52(43)55)32(8)17-2)28-49-37(13)50(29-41-24-45(33(9)18-3)53(56)46(25-41)34(10)19-4)39(15)51(38(49)14)30-42-26-47(35(11)20-5)54(57)48(27-42)36(12)21-6/h22-27,31-36,55-57H,16-21,28-30H2,1-15H3. The van der Waals surface area contributed by atoms with E-state index in [1.807, 2.05) is 0 Å². The molecule has 4 aromatic carbocycles. The Kier molecular flexibility index (Phi) is 16.0. The van der Waals surface area contributed by atoms with Gasteiger partial charge in [-0.05, 0) is 198 Å². The van der Waals surface area contributed by atoms with E-state index in [0.29, 0.717) is 17.2 Å². The van der Waals surface area contributed by atoms with Crippen molar-refractivity contribution in [2.24, 2.45) is 0 Å². The largest absolute Gasteiger partial charge is 0.507 e. The van der Waals surface area contributed by atoms with Crippen LogP contribution in [0.5, 0.6) is 17.2 Å². The van der Waals surface area contributed by atoms with Crippen LogP contribution in [0.2, 0.25) is 0 Å². The van der Waals surface area contributed by atoms with Crippen molar-refractivity contribution in [3.8, 4) is 17.2 Å². The van der Waals surface area contributed by atoms with Crippen LogP contribution >= 0.6 is 0 Å². The molecule has 0 spiro atoms. The van der Waals surface area contributed by atoms with Gasteiger partial charge in [0, 0.05) is 0 Å². The van der Waals surface area contributed by atoms with Gasteiger partial charge in [0.2, 0.25) is 0 Å². The number of phenolic OH excluding ortho intramolecular Hbond substituents is 3. The van der Waals surface area contributed by atoms with Crippen LogP contribution in [-0.2, 0) is 19.3 Å². The second-order valence-electron chi connectivity index (χ2n) is 18.1. The summed E-state index contributed by atoms with van der Waals surface area (Å²) in [6.45, 7) is 33.6. The van der Waals surface area contributed by atoms with Gasteiger partial charge >= 0.3 is 0 Å². The first-order valence-electron chi connectivity index (χ1n) is 22.6. The Labute approximate surface area is 348 Å². The van der Waals surface area contributed by atoms with E-state index in [0.717, 1.165) is 91.2 Å². The van der Waals surface area contributed by atoms with Gasteiger partial charge in [0.1, 0.15) is 17.2 Å². The molecule has 0 aliphatic carbocycles. The lowest BCUT2D eigenvalue weighted by Gasteiger charge is -2.26. The highest BCUT2D eigenvalue weighted by Gasteiger charge is 2.25. The number of hydrogen-bond donors (Lipinski definition) is 3. The van der Waals surface area contributed by atoms with E-state index in [1.165, 1.54) is 50.1 Å². The van der Waals surface area contributed by atoms with Gasteiger partial charge in [-0.1, -0.05) is 119 Å². The Morgan fingerprint density at radius 3 is 0.632 bits per heavy atom. The van der Waals surface area contributed by atoms with Crippen molar-refractivity contribution < 1.29 is 15.3 Å². The highest BCUT2D eigenvalue weighted by molar-refractivity contribution is 5.58. The minimum atomic E-state index is 0.266. The van der Waals surface area contributed by atoms with Crippen LogP contribution in [0.4, 0.5) is 0 Å². The first-order valence-corrected chi connectivity index (χ1v) is 22.6. The average Bonchev–Trinajstić information content (AvgIpc) is 3.21. The molecule has 57 heavy (non-hydrogen) atoms. The van der Waals surface area contributed by atoms with E-state index in [2.05, 4.69) is 140 Å². The molecule has 312 valence electrons. The molecule has 3 nitrogen and oxygen atoms in total. The monoisotopic (exact) mass is 775 g/mol. The second-order valence-corrected chi connectivity index (χ2v) is 18.1. The first-order chi connectivity index (χ1) is 27.0. The lowest BCUT2D eigenvalue weighted by molar-refractivity contribution is 0.448. The zero-order valence-electron chi connectivity index (χ0n) is 38.6. The fourth-order valence-electron chi connectivity index (χ4n) is 8.91. The molecule has 3 N–H and O–H groups in total. The zero-order valence-corrected chi connectivity index (χ0v) is 38.6. The maximum atomic E-state index is 11.6. The Morgan fingerprint density at radius 2 is 0.491 bits per heavy atom. The van der Waals surface area contributed by atoms with E-state index >= 15 is 0 Å². The van der Waals surface area contributed by atoms with Crippen LogP contribution in [0.3, 0.4) is 0 Å². The maximum Gasteiger partial charge on any atom is 0.122 e. The lowest BCUT2D eigenvalue weighted by Crippen LogP contribution is -2.11. The minimum Gasteiger partial charge on any atom is -0.507 e. The lowest BCUT2D eigenvalue weighted by atomic mass is 9.79. The van der Waals surface area contributed by atoms with Crippen LogP contribution in [-0.4, -0.2) is 15.3 Å². The molecular formula is C54H78O3. The molecule has 0 aromatic heterocycles. The van der Waals surface area contributed by atoms with Gasteiger partial charge in [-0.3, -0.25) is 0 Å². The predicted molar refractivity (Wildman–Crippen MR) is 246 cm³/mol. The van der Waals surface area contributed by atoms with Gasteiger partial charge in [-0.25, -0.2) is 0 Å². The Hall–Kier alpha value is -3.72. The van der Waals surface area contributed by atoms with Gasteiger partial charge in [-0.15, -0.1) is 0 Å². The van der Waals surface area contributed by atoms with E-state index < -0.39 is 0 Å². The molecule has 3 heteroatoms. The minimum absolute atomic E-state index is 0.266. The molecule has 0 heterocycles. The average molecular weight is 775 g/mol. The fourth-order valence-corrected chi connectivity index (χ4v) is 8.91. The molecule has 0 aliphatic rings. The third-order valence-electron chi connectivity index (χ3n) is 14.4. The summed E-state index contributed by atoms with van der Waals surface area (Å²) in [6.07, 6.45) is 8.23. The molecule has 0 amide bonds. The summed E-state index contributed by atoms with van der Waals surface area (Å²) in [5.41, 5.74) is 18.3. The molecule has 6 unspecified atom stereocenters. The quantitative estimate of drug-likeness (QED) is 0.0943. The Morgan fingerprint density at radius 1 is 0.333 bits per heavy atom. The van der Waals surface area contributed by atoms with Crippen LogP contribution in [0.25, 0.3) is 0 Å². The van der Waals surface area contributed by atoms with E-state index in [1.54, 1.807) is 0 Å². The molecule has 0 fully saturated rings. The van der Waals surface area contributed by atoms with Crippen molar-refractivity contribution in [1.82, 2.24) is 0 Å². The molecular weight excluding hydrogens is 697 g/mol. The Balaban J connectivity index is 2.05. The summed E-state index contributed by atoms with van der Waals surface area (Å²) < 4.78 is 0. The summed E-state index contributed by atoms with van der Waals surface area (Å²) in [4.78, 5) is 0. The molecule has 4 rings (SSSR count). The van der Waals surface area contributed by atoms with E-state index in [4.69, 9.17) is 0 Å². The third kappa shape index (κ3) is 9.77. The van der Waals surface area contributed by atoms with Crippen LogP contribution in [0, 0.1) is 20.8 Å². The van der Waals surface area contributed by atoms with E-state index in [-0.39, 0.29) is 35.5 Å². The molecule has 0 aliphatic heterocycles. The van der Waals surface area contributed by atoms with Gasteiger partial charge in [0.25, 0.3) is 0 Å². The van der Waals surface area contributed by atoms with Gasteiger partial charge in [0.15, 0.2) is 0 Å². The van der Waals surface area contributed by atoms with Crippen molar-refractivity contribution >= 4 is 0 Å². The van der Waals surface area contributed by atoms with Crippen LogP contribution in [0.1, 0.15) is 241 Å². The number of aromatic hydroxyl groups is 3. The number of benzene rings is 4. The van der Waals surface area contributed by atoms with Gasteiger partial charge < -0.3 is 15.3 Å². The smallest absolute Gasteiger partial charge is 0.122 e. The zero-order chi connectivity index (χ0) is 42.5. The highest BCUT2D eigenvalue weighted by Crippen LogP contribution is 2.43. The fraction of sp³-hybridized carbons (Fsp3) is 0.556. The van der Waals surface area contributed by atoms with Crippen LogP contribution in [0.15, 0.2) is 36.4 Å². The van der Waals surface area contributed by atoms with Crippen molar-refractivity contribution in [3.63, 3.8) is 0 Å². The van der Waals surface area contributed by atoms with Gasteiger partial charge in [-0.2, -0.15) is 0 Å². The summed E-state index contributed by atoms with van der Waals surface area (Å²) in [5, 5.41) is 34.7. The van der Waals surface area contributed by atoms with E-state index in [9.17, 15) is 15.3 Å². The number of hydrogen-bond acceptors (Lipinski definition) is 3. The van der Waals surface area contributed by atoms with Crippen molar-refractivity contribution in [2.75, 3.05) is 0 Å². The third-order valence-corrected chi connectivity index (χ3v) is 14.4. The summed E-state index contributed by atoms with van der Waals surface area (Å²) >= 11 is 0. The summed E-state index contributed by atoms with van der Waals surface area (Å²) in [6, 6.07) is 13.7. The SMILES string of the molecule is CCC(C)c1cc(Cc2c(C)c(Cc3cc(C(C)CC)c(O)c(C(C)CC)c3)c(C)c(Cc3cc(C(C)CC)c(O)c(C(C)CC)c3)c2C)cc(C(C)CC)c1O. The summed E-state index contributed by atoms with van der Waals surface area (Å²) in [5.74, 6) is 3.02. The number of rotatable bonds is 18. The number of phenols is 3. The molecule has 0 saturated heterocycles. The summed E-state index contributed by atoms with van der Waals surface area (Å²) in [7, 11) is 0. The van der Waals surface area contributed by atoms with Crippen molar-refractivity contribution in [1.29, 1.82) is 0 Å². The molecule has 0 saturated carbocycles. The Bertz CT molecular complexity index is 1660. The second kappa shape index (κ2) is 19.8. The van der Waals surface area contributed by atoms with Crippen molar-refractivity contribution in [3.05, 3.63) is 120 Å². The van der Waals surface area contributed by atoms with Gasteiger partial charge in [0.05, 0.1) is 0 Å².